The summed E-state index contributed by atoms with van der Waals surface area (Å²) in [5, 5.41) is 0.217. The van der Waals surface area contributed by atoms with E-state index in [-0.39, 0.29) is 5.25 Å². The van der Waals surface area contributed by atoms with Crippen LogP contribution in [0.1, 0.15) is 34.4 Å². The number of nitrogens with zero attached hydrogens (tertiary/aromatic N) is 2. The van der Waals surface area contributed by atoms with Gasteiger partial charge < -0.3 is 9.30 Å². The Morgan fingerprint density at radius 3 is 2.55 bits per heavy atom. The number of imidazole rings is 1. The summed E-state index contributed by atoms with van der Waals surface area (Å²) in [7, 11) is 0. The average Bonchev–Trinajstić information content (AvgIpc) is 2.90. The lowest BCUT2D eigenvalue weighted by molar-refractivity contribution is 0.346. The van der Waals surface area contributed by atoms with Crippen LogP contribution in [-0.2, 0) is 11.3 Å². The van der Waals surface area contributed by atoms with Crippen LogP contribution in [0.3, 0.4) is 0 Å². The Bertz CT molecular complexity index is 615. The molecule has 3 nitrogen and oxygen atoms in total. The molecular weight excluding hydrogens is 312 g/mol. The number of thioether (sulfide) groups is 1. The van der Waals surface area contributed by atoms with Gasteiger partial charge in [0.2, 0.25) is 4.38 Å². The number of aryl methyl sites for hydroxylation is 3. The first-order valence-corrected chi connectivity index (χ1v) is 8.67. The number of ether oxygens (including phenoxy) is 1. The summed E-state index contributed by atoms with van der Waals surface area (Å²) in [6.07, 6.45) is 5.63. The second-order valence-corrected chi connectivity index (χ2v) is 7.17. The van der Waals surface area contributed by atoms with Crippen LogP contribution < -0.4 is 0 Å². The summed E-state index contributed by atoms with van der Waals surface area (Å²) in [4.78, 5) is 4.13. The Hall–Kier alpha value is -1.33. The molecule has 1 heterocycles. The van der Waals surface area contributed by atoms with Crippen molar-refractivity contribution < 1.29 is 4.74 Å². The van der Waals surface area contributed by atoms with Gasteiger partial charge in [-0.25, -0.2) is 4.98 Å². The second-order valence-electron chi connectivity index (χ2n) is 5.36. The summed E-state index contributed by atoms with van der Waals surface area (Å²) in [5.41, 5.74) is 5.23. The van der Waals surface area contributed by atoms with E-state index >= 15 is 0 Å². The molecule has 1 aromatic heterocycles. The fraction of sp³-hybridized carbons (Fsp3) is 0.412. The molecule has 5 heteroatoms. The van der Waals surface area contributed by atoms with Gasteiger partial charge in [0.25, 0.3) is 0 Å². The quantitative estimate of drug-likeness (QED) is 0.747. The van der Waals surface area contributed by atoms with Crippen molar-refractivity contribution >= 4 is 28.4 Å². The summed E-state index contributed by atoms with van der Waals surface area (Å²) in [6, 6.07) is 4.46. The molecule has 2 aromatic rings. The van der Waals surface area contributed by atoms with E-state index in [2.05, 4.69) is 42.5 Å². The number of aromatic nitrogens is 2. The van der Waals surface area contributed by atoms with E-state index in [1.165, 1.54) is 22.3 Å². The molecule has 0 aliphatic rings. The molecule has 0 saturated heterocycles. The molecule has 118 valence electrons. The van der Waals surface area contributed by atoms with Gasteiger partial charge in [0.15, 0.2) is 0 Å². The van der Waals surface area contributed by atoms with E-state index in [9.17, 15) is 0 Å². The van der Waals surface area contributed by atoms with Gasteiger partial charge in [-0.05, 0) is 56.6 Å². The van der Waals surface area contributed by atoms with Crippen molar-refractivity contribution in [3.05, 3.63) is 53.1 Å². The van der Waals surface area contributed by atoms with Gasteiger partial charge in [0.05, 0.1) is 18.2 Å². The predicted molar refractivity (Wildman–Crippen MR) is 97.4 cm³/mol. The van der Waals surface area contributed by atoms with Crippen molar-refractivity contribution in [1.82, 2.24) is 9.55 Å². The third kappa shape index (κ3) is 4.34. The largest absolute Gasteiger partial charge is 0.479 e. The summed E-state index contributed by atoms with van der Waals surface area (Å²) >= 11 is 6.97. The van der Waals surface area contributed by atoms with Crippen molar-refractivity contribution in [2.75, 3.05) is 6.61 Å². The predicted octanol–water partition coefficient (Wildman–Crippen LogP) is 4.60. The maximum atomic E-state index is 5.49. The van der Waals surface area contributed by atoms with Crippen LogP contribution in [0.5, 0.6) is 0 Å². The van der Waals surface area contributed by atoms with Gasteiger partial charge in [-0.2, -0.15) is 0 Å². The van der Waals surface area contributed by atoms with Gasteiger partial charge in [-0.3, -0.25) is 0 Å². The van der Waals surface area contributed by atoms with E-state index in [4.69, 9.17) is 17.0 Å². The summed E-state index contributed by atoms with van der Waals surface area (Å²) < 4.78 is 8.18. The van der Waals surface area contributed by atoms with Crippen LogP contribution in [0.25, 0.3) is 0 Å². The van der Waals surface area contributed by atoms with Crippen molar-refractivity contribution in [1.29, 1.82) is 0 Å². The molecule has 2 rings (SSSR count). The van der Waals surface area contributed by atoms with Crippen LogP contribution >= 0.6 is 24.0 Å². The number of benzene rings is 1. The number of hydrogen-bond donors (Lipinski definition) is 0. The highest BCUT2D eigenvalue weighted by atomic mass is 32.2. The standard InChI is InChI=1S/C17H22N2OS2/c1-5-20-17(21)22-15(10-19-7-6-18-11-19)16-13(3)8-12(2)9-14(16)4/h6-9,11,15H,5,10H2,1-4H3. The fourth-order valence-electron chi connectivity index (χ4n) is 2.74. The average molecular weight is 335 g/mol. The van der Waals surface area contributed by atoms with Crippen LogP contribution in [0, 0.1) is 20.8 Å². The minimum Gasteiger partial charge on any atom is -0.479 e. The van der Waals surface area contributed by atoms with Crippen molar-refractivity contribution in [2.45, 2.75) is 39.5 Å². The smallest absolute Gasteiger partial charge is 0.220 e. The molecular formula is C17H22N2OS2. The summed E-state index contributed by atoms with van der Waals surface area (Å²) in [5.74, 6) is 0. The maximum Gasteiger partial charge on any atom is 0.220 e. The Morgan fingerprint density at radius 2 is 2.00 bits per heavy atom. The van der Waals surface area contributed by atoms with Crippen molar-refractivity contribution in [3.8, 4) is 0 Å². The molecule has 0 saturated carbocycles. The van der Waals surface area contributed by atoms with Gasteiger partial charge in [0.1, 0.15) is 0 Å². The fourth-order valence-corrected chi connectivity index (χ4v) is 4.36. The molecule has 0 amide bonds. The first-order chi connectivity index (χ1) is 10.5. The molecule has 22 heavy (non-hydrogen) atoms. The molecule has 0 aliphatic carbocycles. The SMILES string of the molecule is CCOC(=S)SC(Cn1ccnc1)c1c(C)cc(C)cc1C. The van der Waals surface area contributed by atoms with Crippen molar-refractivity contribution in [3.63, 3.8) is 0 Å². The lowest BCUT2D eigenvalue weighted by Gasteiger charge is -2.22. The Labute approximate surface area is 142 Å². The second kappa shape index (κ2) is 7.79. The minimum atomic E-state index is 0.217. The molecule has 1 unspecified atom stereocenters. The topological polar surface area (TPSA) is 27.1 Å². The molecule has 0 aliphatic heterocycles. The highest BCUT2D eigenvalue weighted by Crippen LogP contribution is 2.36. The monoisotopic (exact) mass is 334 g/mol. The summed E-state index contributed by atoms with van der Waals surface area (Å²) in [6.45, 7) is 9.85. The van der Waals surface area contributed by atoms with E-state index in [0.717, 1.165) is 6.54 Å². The lowest BCUT2D eigenvalue weighted by Crippen LogP contribution is -2.11. The molecule has 0 fully saturated rings. The van der Waals surface area contributed by atoms with Gasteiger partial charge in [-0.1, -0.05) is 29.5 Å². The van der Waals surface area contributed by atoms with E-state index in [1.54, 1.807) is 18.0 Å². The van der Waals surface area contributed by atoms with E-state index in [0.29, 0.717) is 11.0 Å². The van der Waals surface area contributed by atoms with Crippen LogP contribution in [0.15, 0.2) is 30.9 Å². The molecule has 0 bridgehead atoms. The minimum absolute atomic E-state index is 0.217. The normalized spacial score (nSPS) is 12.2. The van der Waals surface area contributed by atoms with E-state index in [1.807, 2.05) is 19.4 Å². The van der Waals surface area contributed by atoms with Crippen molar-refractivity contribution in [2.24, 2.45) is 0 Å². The Morgan fingerprint density at radius 1 is 1.32 bits per heavy atom. The molecule has 1 atom stereocenters. The van der Waals surface area contributed by atoms with E-state index < -0.39 is 0 Å². The third-order valence-corrected chi connectivity index (χ3v) is 4.88. The van der Waals surface area contributed by atoms with Crippen LogP contribution in [0.2, 0.25) is 0 Å². The molecule has 0 N–H and O–H groups in total. The van der Waals surface area contributed by atoms with Gasteiger partial charge in [0, 0.05) is 18.9 Å². The highest BCUT2D eigenvalue weighted by molar-refractivity contribution is 8.22. The first-order valence-electron chi connectivity index (χ1n) is 7.38. The van der Waals surface area contributed by atoms with Gasteiger partial charge in [-0.15, -0.1) is 0 Å². The molecule has 0 radical (unpaired) electrons. The Kier molecular flexibility index (Phi) is 6.03. The zero-order chi connectivity index (χ0) is 16.1. The molecule has 1 aromatic carbocycles. The molecule has 0 spiro atoms. The third-order valence-electron chi connectivity index (χ3n) is 3.50. The first kappa shape index (κ1) is 17.0. The maximum absolute atomic E-state index is 5.49. The zero-order valence-corrected chi connectivity index (χ0v) is 15.1. The number of thiocarbonyl (C=S) groups is 1. The van der Waals surface area contributed by atoms with Crippen LogP contribution in [0.4, 0.5) is 0 Å². The van der Waals surface area contributed by atoms with Crippen LogP contribution in [-0.4, -0.2) is 20.5 Å². The lowest BCUT2D eigenvalue weighted by atomic mass is 9.97. The Balaban J connectivity index is 2.33. The highest BCUT2D eigenvalue weighted by Gasteiger charge is 2.20. The number of rotatable bonds is 5. The zero-order valence-electron chi connectivity index (χ0n) is 13.5. The van der Waals surface area contributed by atoms with Gasteiger partial charge >= 0.3 is 0 Å². The number of hydrogen-bond acceptors (Lipinski definition) is 4.